The van der Waals surface area contributed by atoms with Crippen LogP contribution < -0.4 is 5.32 Å². The molecule has 0 bridgehead atoms. The molecule has 1 rings (SSSR count). The molecule has 0 aromatic carbocycles. The van der Waals surface area contributed by atoms with Gasteiger partial charge in [0.15, 0.2) is 0 Å². The molecular weight excluding hydrogens is 198 g/mol. The molecule has 0 spiro atoms. The van der Waals surface area contributed by atoms with Gasteiger partial charge in [0.1, 0.15) is 0 Å². The lowest BCUT2D eigenvalue weighted by Crippen LogP contribution is -2.48. The molecule has 80 valence electrons. The van der Waals surface area contributed by atoms with Crippen LogP contribution in [0.15, 0.2) is 12.7 Å². The summed E-state index contributed by atoms with van der Waals surface area (Å²) in [4.78, 5) is 10.7. The molecule has 1 fully saturated rings. The molecule has 1 saturated carbocycles. The molecule has 0 aromatic rings. The third-order valence-electron chi connectivity index (χ3n) is 2.48. The monoisotopic (exact) mass is 215 g/mol. The molecule has 1 aliphatic carbocycles. The minimum absolute atomic E-state index is 0.153. The van der Waals surface area contributed by atoms with Gasteiger partial charge in [-0.1, -0.05) is 6.08 Å². The van der Waals surface area contributed by atoms with E-state index >= 15 is 0 Å². The average molecular weight is 215 g/mol. The van der Waals surface area contributed by atoms with Crippen LogP contribution in [0.25, 0.3) is 0 Å². The maximum Gasteiger partial charge on any atom is 0.308 e. The second-order valence-corrected chi connectivity index (χ2v) is 4.60. The Kier molecular flexibility index (Phi) is 5.04. The van der Waals surface area contributed by atoms with Gasteiger partial charge in [0.25, 0.3) is 0 Å². The van der Waals surface area contributed by atoms with Gasteiger partial charge in [0.2, 0.25) is 0 Å². The van der Waals surface area contributed by atoms with Gasteiger partial charge >= 0.3 is 5.97 Å². The van der Waals surface area contributed by atoms with Crippen molar-refractivity contribution in [1.82, 2.24) is 5.32 Å². The Morgan fingerprint density at radius 2 is 2.43 bits per heavy atom. The minimum atomic E-state index is -0.660. The number of nitrogens with one attached hydrogen (secondary N) is 1. The number of carboxylic acid groups (broad SMARTS) is 1. The van der Waals surface area contributed by atoms with E-state index in [2.05, 4.69) is 11.9 Å². The Morgan fingerprint density at radius 3 is 2.93 bits per heavy atom. The first-order chi connectivity index (χ1) is 6.75. The summed E-state index contributed by atoms with van der Waals surface area (Å²) in [5.74, 6) is 1.18. The molecule has 0 heterocycles. The Morgan fingerprint density at radius 1 is 1.64 bits per heavy atom. The molecule has 0 saturated heterocycles. The molecule has 4 heteroatoms. The van der Waals surface area contributed by atoms with E-state index in [-0.39, 0.29) is 12.0 Å². The van der Waals surface area contributed by atoms with Gasteiger partial charge in [-0.15, -0.1) is 6.58 Å². The summed E-state index contributed by atoms with van der Waals surface area (Å²) in [5.41, 5.74) is 0. The van der Waals surface area contributed by atoms with E-state index in [1.54, 1.807) is 0 Å². The Labute approximate surface area is 89.0 Å². The van der Waals surface area contributed by atoms with Crippen molar-refractivity contribution in [2.75, 3.05) is 18.1 Å². The van der Waals surface area contributed by atoms with Gasteiger partial charge in [0, 0.05) is 24.1 Å². The van der Waals surface area contributed by atoms with Crippen LogP contribution in [0.4, 0.5) is 0 Å². The van der Waals surface area contributed by atoms with E-state index in [1.807, 2.05) is 17.8 Å². The summed E-state index contributed by atoms with van der Waals surface area (Å²) in [6, 6.07) is 0.205. The van der Waals surface area contributed by atoms with Gasteiger partial charge in [-0.3, -0.25) is 4.79 Å². The van der Waals surface area contributed by atoms with Crippen molar-refractivity contribution in [2.24, 2.45) is 5.92 Å². The van der Waals surface area contributed by atoms with Gasteiger partial charge in [-0.25, -0.2) is 0 Å². The first kappa shape index (κ1) is 11.6. The SMILES string of the molecule is C=CCSCCNC1CCC1C(=O)O. The van der Waals surface area contributed by atoms with Crippen LogP contribution in [-0.4, -0.2) is 35.2 Å². The van der Waals surface area contributed by atoms with Crippen molar-refractivity contribution in [1.29, 1.82) is 0 Å². The lowest BCUT2D eigenvalue weighted by atomic mass is 9.80. The summed E-state index contributed by atoms with van der Waals surface area (Å²) < 4.78 is 0. The highest BCUT2D eigenvalue weighted by Gasteiger charge is 2.35. The highest BCUT2D eigenvalue weighted by Crippen LogP contribution is 2.27. The summed E-state index contributed by atoms with van der Waals surface area (Å²) in [5, 5.41) is 12.1. The lowest BCUT2D eigenvalue weighted by molar-refractivity contribution is -0.145. The highest BCUT2D eigenvalue weighted by molar-refractivity contribution is 7.99. The fraction of sp³-hybridized carbons (Fsp3) is 0.700. The van der Waals surface area contributed by atoms with E-state index in [0.717, 1.165) is 30.9 Å². The number of aliphatic carboxylic acids is 1. The molecule has 0 aromatic heterocycles. The van der Waals surface area contributed by atoms with Crippen molar-refractivity contribution >= 4 is 17.7 Å². The fourth-order valence-corrected chi connectivity index (χ4v) is 2.12. The number of rotatable bonds is 7. The predicted molar refractivity (Wildman–Crippen MR) is 59.7 cm³/mol. The zero-order valence-corrected chi connectivity index (χ0v) is 9.05. The lowest BCUT2D eigenvalue weighted by Gasteiger charge is -2.34. The molecule has 0 aliphatic heterocycles. The predicted octanol–water partition coefficient (Wildman–Crippen LogP) is 1.36. The van der Waals surface area contributed by atoms with Crippen molar-refractivity contribution in [2.45, 2.75) is 18.9 Å². The van der Waals surface area contributed by atoms with Crippen LogP contribution in [0.3, 0.4) is 0 Å². The fourth-order valence-electron chi connectivity index (χ4n) is 1.52. The Bertz CT molecular complexity index is 208. The average Bonchev–Trinajstić information content (AvgIpc) is 2.08. The number of thioether (sulfide) groups is 1. The molecule has 14 heavy (non-hydrogen) atoms. The minimum Gasteiger partial charge on any atom is -0.481 e. The number of hydrogen-bond acceptors (Lipinski definition) is 3. The third-order valence-corrected chi connectivity index (χ3v) is 3.44. The number of hydrogen-bond donors (Lipinski definition) is 2. The van der Waals surface area contributed by atoms with Crippen LogP contribution in [0.5, 0.6) is 0 Å². The van der Waals surface area contributed by atoms with E-state index in [9.17, 15) is 4.79 Å². The number of carboxylic acids is 1. The maximum atomic E-state index is 10.7. The van der Waals surface area contributed by atoms with Crippen molar-refractivity contribution < 1.29 is 9.90 Å². The smallest absolute Gasteiger partial charge is 0.308 e. The first-order valence-corrected chi connectivity index (χ1v) is 6.06. The van der Waals surface area contributed by atoms with E-state index < -0.39 is 5.97 Å². The molecule has 1 aliphatic rings. The van der Waals surface area contributed by atoms with Crippen molar-refractivity contribution in [3.8, 4) is 0 Å². The normalized spacial score (nSPS) is 25.4. The van der Waals surface area contributed by atoms with Crippen LogP contribution in [-0.2, 0) is 4.79 Å². The second kappa shape index (κ2) is 6.09. The molecule has 0 radical (unpaired) electrons. The summed E-state index contributed by atoms with van der Waals surface area (Å²) in [6.45, 7) is 4.53. The maximum absolute atomic E-state index is 10.7. The number of carbonyl (C=O) groups is 1. The molecule has 2 unspecified atom stereocenters. The van der Waals surface area contributed by atoms with Crippen LogP contribution in [0.1, 0.15) is 12.8 Å². The second-order valence-electron chi connectivity index (χ2n) is 3.45. The Balaban J connectivity index is 2.02. The van der Waals surface area contributed by atoms with Gasteiger partial charge in [0.05, 0.1) is 5.92 Å². The van der Waals surface area contributed by atoms with E-state index in [1.165, 1.54) is 0 Å². The van der Waals surface area contributed by atoms with Gasteiger partial charge in [-0.05, 0) is 12.8 Å². The largest absolute Gasteiger partial charge is 0.481 e. The molecular formula is C10H17NO2S. The third kappa shape index (κ3) is 3.35. The van der Waals surface area contributed by atoms with Crippen LogP contribution in [0, 0.1) is 5.92 Å². The Hall–Kier alpha value is -0.480. The van der Waals surface area contributed by atoms with E-state index in [0.29, 0.717) is 0 Å². The van der Waals surface area contributed by atoms with Crippen molar-refractivity contribution in [3.05, 3.63) is 12.7 Å². The standard InChI is InChI=1S/C10H17NO2S/c1-2-6-14-7-5-11-9-4-3-8(9)10(12)13/h2,8-9,11H,1,3-7H2,(H,12,13). The highest BCUT2D eigenvalue weighted by atomic mass is 32.2. The quantitative estimate of drug-likeness (QED) is 0.497. The first-order valence-electron chi connectivity index (χ1n) is 4.90. The topological polar surface area (TPSA) is 49.3 Å². The molecule has 0 amide bonds. The van der Waals surface area contributed by atoms with Crippen LogP contribution in [0.2, 0.25) is 0 Å². The molecule has 2 N–H and O–H groups in total. The molecule has 2 atom stereocenters. The summed E-state index contributed by atoms with van der Waals surface area (Å²) in [7, 11) is 0. The van der Waals surface area contributed by atoms with E-state index in [4.69, 9.17) is 5.11 Å². The van der Waals surface area contributed by atoms with Gasteiger partial charge < -0.3 is 10.4 Å². The summed E-state index contributed by atoms with van der Waals surface area (Å²) >= 11 is 1.81. The van der Waals surface area contributed by atoms with Gasteiger partial charge in [-0.2, -0.15) is 11.8 Å². The summed E-state index contributed by atoms with van der Waals surface area (Å²) in [6.07, 6.45) is 3.71. The zero-order valence-electron chi connectivity index (χ0n) is 8.24. The zero-order chi connectivity index (χ0) is 10.4. The molecule has 3 nitrogen and oxygen atoms in total. The van der Waals surface area contributed by atoms with Crippen LogP contribution >= 0.6 is 11.8 Å². The van der Waals surface area contributed by atoms with Crippen molar-refractivity contribution in [3.63, 3.8) is 0 Å².